The number of nitro benzene ring substituents is 1. The lowest BCUT2D eigenvalue weighted by atomic mass is 10.3. The van der Waals surface area contributed by atoms with Crippen LogP contribution < -0.4 is 5.32 Å². The third kappa shape index (κ3) is 2.41. The van der Waals surface area contributed by atoms with E-state index in [4.69, 9.17) is 16.0 Å². The van der Waals surface area contributed by atoms with E-state index in [1.807, 2.05) is 0 Å². The first-order valence-electron chi connectivity index (χ1n) is 5.69. The van der Waals surface area contributed by atoms with Crippen molar-refractivity contribution in [2.45, 2.75) is 0 Å². The van der Waals surface area contributed by atoms with Crippen molar-refractivity contribution < 1.29 is 9.34 Å². The number of aromatic nitrogens is 1. The molecule has 0 aliphatic carbocycles. The number of oxazole rings is 1. The Labute approximate surface area is 118 Å². The Hall–Kier alpha value is -2.60. The molecule has 6 nitrogen and oxygen atoms in total. The molecule has 100 valence electrons. The Balaban J connectivity index is 1.92. The van der Waals surface area contributed by atoms with Gasteiger partial charge in [0, 0.05) is 22.8 Å². The Kier molecular flexibility index (Phi) is 3.00. The molecule has 0 amide bonds. The summed E-state index contributed by atoms with van der Waals surface area (Å²) < 4.78 is 5.48. The highest BCUT2D eigenvalue weighted by atomic mass is 35.5. The highest BCUT2D eigenvalue weighted by Crippen LogP contribution is 2.25. The molecular weight excluding hydrogens is 282 g/mol. The second kappa shape index (κ2) is 4.82. The lowest BCUT2D eigenvalue weighted by Gasteiger charge is -2.00. The molecule has 2 aromatic carbocycles. The molecule has 0 spiro atoms. The van der Waals surface area contributed by atoms with Gasteiger partial charge in [-0.25, -0.2) is 0 Å². The third-order valence-corrected chi connectivity index (χ3v) is 2.89. The van der Waals surface area contributed by atoms with Gasteiger partial charge < -0.3 is 9.73 Å². The summed E-state index contributed by atoms with van der Waals surface area (Å²) in [6.45, 7) is 0. The maximum atomic E-state index is 10.7. The zero-order valence-electron chi connectivity index (χ0n) is 10.0. The summed E-state index contributed by atoms with van der Waals surface area (Å²) in [4.78, 5) is 14.5. The van der Waals surface area contributed by atoms with E-state index in [1.165, 1.54) is 12.1 Å². The number of anilines is 2. The number of nitro groups is 1. The van der Waals surface area contributed by atoms with Crippen LogP contribution in [0.15, 0.2) is 46.9 Å². The van der Waals surface area contributed by atoms with E-state index in [-0.39, 0.29) is 11.7 Å². The number of halogens is 1. The van der Waals surface area contributed by atoms with Crippen LogP contribution in [0.3, 0.4) is 0 Å². The zero-order valence-corrected chi connectivity index (χ0v) is 10.8. The fourth-order valence-electron chi connectivity index (χ4n) is 1.77. The molecule has 0 fully saturated rings. The Morgan fingerprint density at radius 1 is 1.25 bits per heavy atom. The number of non-ortho nitro benzene ring substituents is 1. The zero-order chi connectivity index (χ0) is 14.1. The summed E-state index contributed by atoms with van der Waals surface area (Å²) >= 11 is 5.87. The second-order valence-electron chi connectivity index (χ2n) is 4.06. The summed E-state index contributed by atoms with van der Waals surface area (Å²) in [5.74, 6) is 0. The summed E-state index contributed by atoms with van der Waals surface area (Å²) in [6, 6.07) is 11.4. The Morgan fingerprint density at radius 2 is 2.10 bits per heavy atom. The smallest absolute Gasteiger partial charge is 0.300 e. The third-order valence-electron chi connectivity index (χ3n) is 2.66. The minimum Gasteiger partial charge on any atom is -0.423 e. The first-order valence-corrected chi connectivity index (χ1v) is 6.07. The van der Waals surface area contributed by atoms with Gasteiger partial charge in [0.1, 0.15) is 5.52 Å². The van der Waals surface area contributed by atoms with Gasteiger partial charge in [0.2, 0.25) is 0 Å². The largest absolute Gasteiger partial charge is 0.423 e. The highest BCUT2D eigenvalue weighted by Gasteiger charge is 2.09. The van der Waals surface area contributed by atoms with Gasteiger partial charge in [-0.1, -0.05) is 17.7 Å². The van der Waals surface area contributed by atoms with Gasteiger partial charge in [-0.05, 0) is 24.3 Å². The normalized spacial score (nSPS) is 10.7. The molecule has 3 aromatic rings. The van der Waals surface area contributed by atoms with Crippen molar-refractivity contribution in [2.24, 2.45) is 0 Å². The van der Waals surface area contributed by atoms with Crippen molar-refractivity contribution in [1.82, 2.24) is 4.98 Å². The molecule has 0 saturated carbocycles. The van der Waals surface area contributed by atoms with Crippen LogP contribution in [0.5, 0.6) is 0 Å². The van der Waals surface area contributed by atoms with Crippen molar-refractivity contribution in [3.05, 3.63) is 57.6 Å². The molecule has 20 heavy (non-hydrogen) atoms. The second-order valence-corrected chi connectivity index (χ2v) is 4.50. The number of hydrogen-bond donors (Lipinski definition) is 1. The number of nitrogens with zero attached hydrogens (tertiary/aromatic N) is 2. The maximum Gasteiger partial charge on any atom is 0.300 e. The summed E-state index contributed by atoms with van der Waals surface area (Å²) in [6.07, 6.45) is 0. The molecule has 7 heteroatoms. The fourth-order valence-corrected chi connectivity index (χ4v) is 1.94. The Bertz CT molecular complexity index is 800. The average Bonchev–Trinajstić information content (AvgIpc) is 2.80. The molecule has 0 atom stereocenters. The van der Waals surface area contributed by atoms with E-state index in [0.717, 1.165) is 0 Å². The summed E-state index contributed by atoms with van der Waals surface area (Å²) in [5, 5.41) is 14.2. The van der Waals surface area contributed by atoms with Gasteiger partial charge in [0.05, 0.1) is 4.92 Å². The minimum absolute atomic E-state index is 0.00541. The van der Waals surface area contributed by atoms with Crippen LogP contribution in [-0.4, -0.2) is 9.91 Å². The van der Waals surface area contributed by atoms with E-state index >= 15 is 0 Å². The molecule has 1 N–H and O–H groups in total. The SMILES string of the molecule is O=[N+]([O-])c1cccc(Nc2nc3cc(Cl)ccc3o2)c1. The molecule has 0 unspecified atom stereocenters. The quantitative estimate of drug-likeness (QED) is 0.579. The van der Waals surface area contributed by atoms with Crippen LogP contribution in [0, 0.1) is 10.1 Å². The highest BCUT2D eigenvalue weighted by molar-refractivity contribution is 6.31. The predicted molar refractivity (Wildman–Crippen MR) is 75.4 cm³/mol. The molecule has 0 aliphatic rings. The summed E-state index contributed by atoms with van der Waals surface area (Å²) in [7, 11) is 0. The van der Waals surface area contributed by atoms with Crippen molar-refractivity contribution in [2.75, 3.05) is 5.32 Å². The summed E-state index contributed by atoms with van der Waals surface area (Å²) in [5.41, 5.74) is 1.72. The number of benzene rings is 2. The van der Waals surface area contributed by atoms with Crippen LogP contribution in [0.1, 0.15) is 0 Å². The number of fused-ring (bicyclic) bond motifs is 1. The topological polar surface area (TPSA) is 81.2 Å². The van der Waals surface area contributed by atoms with Gasteiger partial charge >= 0.3 is 0 Å². The first-order chi connectivity index (χ1) is 9.61. The van der Waals surface area contributed by atoms with E-state index in [1.54, 1.807) is 30.3 Å². The molecule has 0 saturated heterocycles. The van der Waals surface area contributed by atoms with Crippen molar-refractivity contribution in [3.63, 3.8) is 0 Å². The van der Waals surface area contributed by atoms with Gasteiger partial charge in [-0.15, -0.1) is 0 Å². The molecule has 3 rings (SSSR count). The Morgan fingerprint density at radius 3 is 2.90 bits per heavy atom. The van der Waals surface area contributed by atoms with Crippen LogP contribution in [-0.2, 0) is 0 Å². The van der Waals surface area contributed by atoms with E-state index in [9.17, 15) is 10.1 Å². The van der Waals surface area contributed by atoms with Crippen LogP contribution in [0.25, 0.3) is 11.1 Å². The van der Waals surface area contributed by atoms with E-state index in [2.05, 4.69) is 10.3 Å². The van der Waals surface area contributed by atoms with Crippen molar-refractivity contribution in [1.29, 1.82) is 0 Å². The van der Waals surface area contributed by atoms with Crippen LogP contribution >= 0.6 is 11.6 Å². The van der Waals surface area contributed by atoms with Gasteiger partial charge in [-0.2, -0.15) is 4.98 Å². The van der Waals surface area contributed by atoms with Crippen LogP contribution in [0.4, 0.5) is 17.4 Å². The molecule has 0 aliphatic heterocycles. The molecule has 1 heterocycles. The minimum atomic E-state index is -0.461. The standard InChI is InChI=1S/C13H8ClN3O3/c14-8-4-5-12-11(6-8)16-13(20-12)15-9-2-1-3-10(7-9)17(18)19/h1-7H,(H,15,16). The van der Waals surface area contributed by atoms with Crippen LogP contribution in [0.2, 0.25) is 5.02 Å². The molecule has 0 bridgehead atoms. The van der Waals surface area contributed by atoms with Gasteiger partial charge in [0.15, 0.2) is 5.58 Å². The van der Waals surface area contributed by atoms with Gasteiger partial charge in [-0.3, -0.25) is 10.1 Å². The van der Waals surface area contributed by atoms with Crippen molar-refractivity contribution in [3.8, 4) is 0 Å². The monoisotopic (exact) mass is 289 g/mol. The van der Waals surface area contributed by atoms with Crippen molar-refractivity contribution >= 4 is 40.1 Å². The van der Waals surface area contributed by atoms with E-state index in [0.29, 0.717) is 21.8 Å². The predicted octanol–water partition coefficient (Wildman–Crippen LogP) is 4.13. The maximum absolute atomic E-state index is 10.7. The van der Waals surface area contributed by atoms with E-state index < -0.39 is 4.92 Å². The van der Waals surface area contributed by atoms with Gasteiger partial charge in [0.25, 0.3) is 11.7 Å². The lowest BCUT2D eigenvalue weighted by Crippen LogP contribution is -1.92. The first kappa shape index (κ1) is 12.4. The molecule has 0 radical (unpaired) electrons. The molecule has 1 aromatic heterocycles. The average molecular weight is 290 g/mol. The number of rotatable bonds is 3. The lowest BCUT2D eigenvalue weighted by molar-refractivity contribution is -0.384. The molecular formula is C13H8ClN3O3. The number of nitrogens with one attached hydrogen (secondary N) is 1. The fraction of sp³-hybridized carbons (Fsp3) is 0. The number of hydrogen-bond acceptors (Lipinski definition) is 5.